The number of aryl methyl sites for hydroxylation is 1. The molecule has 0 amide bonds. The summed E-state index contributed by atoms with van der Waals surface area (Å²) in [6.45, 7) is 2.01. The van der Waals surface area contributed by atoms with Crippen LogP contribution in [-0.2, 0) is 6.54 Å². The maximum atomic E-state index is 9.18. The summed E-state index contributed by atoms with van der Waals surface area (Å²) in [5.41, 5.74) is 1.05. The zero-order chi connectivity index (χ0) is 16.1. The Morgan fingerprint density at radius 2 is 2.00 bits per heavy atom. The molecule has 1 aromatic heterocycles. The maximum absolute atomic E-state index is 9.18. The van der Waals surface area contributed by atoms with Crippen molar-refractivity contribution in [2.75, 3.05) is 20.2 Å². The third kappa shape index (κ3) is 3.79. The van der Waals surface area contributed by atoms with Crippen LogP contribution in [0.25, 0.3) is 11.4 Å². The minimum atomic E-state index is 0.181. The van der Waals surface area contributed by atoms with Crippen LogP contribution in [0, 0.1) is 0 Å². The van der Waals surface area contributed by atoms with Gasteiger partial charge in [-0.25, -0.2) is 9.67 Å². The lowest BCUT2D eigenvalue weighted by atomic mass is 10.1. The number of hydrogen-bond donors (Lipinski definition) is 1. The van der Waals surface area contributed by atoms with Crippen LogP contribution in [0.4, 0.5) is 0 Å². The Morgan fingerprint density at radius 1 is 1.17 bits per heavy atom. The summed E-state index contributed by atoms with van der Waals surface area (Å²) >= 11 is 0. The van der Waals surface area contributed by atoms with Gasteiger partial charge in [0.1, 0.15) is 5.82 Å². The second-order valence-electron chi connectivity index (χ2n) is 6.31. The first-order valence-corrected chi connectivity index (χ1v) is 8.61. The van der Waals surface area contributed by atoms with Gasteiger partial charge in [-0.3, -0.25) is 4.90 Å². The van der Waals surface area contributed by atoms with E-state index < -0.39 is 0 Å². The van der Waals surface area contributed by atoms with Crippen LogP contribution in [0.3, 0.4) is 0 Å². The summed E-state index contributed by atoms with van der Waals surface area (Å²) in [6.07, 6.45) is 5.62. The van der Waals surface area contributed by atoms with Crippen LogP contribution in [0.15, 0.2) is 30.3 Å². The molecular weight excluding hydrogens is 288 g/mol. The molecule has 5 heteroatoms. The number of hydrogen-bond acceptors (Lipinski definition) is 4. The number of nitrogens with zero attached hydrogens (tertiary/aromatic N) is 4. The number of likely N-dealkylation sites (tertiary alicyclic amines) is 1. The molecule has 0 radical (unpaired) electrons. The summed E-state index contributed by atoms with van der Waals surface area (Å²) in [5, 5.41) is 13.9. The standard InChI is InChI=1S/C18H26N4O/c1-21-12-7-3-6-11-16(21)18-19-17(15-9-4-2-5-10-15)20-22(18)13-8-14-23/h2,4-5,9-10,16,23H,3,6-8,11-14H2,1H3/t16-/m0/s1. The van der Waals surface area contributed by atoms with Crippen LogP contribution < -0.4 is 0 Å². The quantitative estimate of drug-likeness (QED) is 0.922. The lowest BCUT2D eigenvalue weighted by molar-refractivity contribution is 0.228. The first-order chi connectivity index (χ1) is 11.3. The van der Waals surface area contributed by atoms with Gasteiger partial charge >= 0.3 is 0 Å². The van der Waals surface area contributed by atoms with Gasteiger partial charge in [-0.1, -0.05) is 43.2 Å². The molecule has 0 aliphatic carbocycles. The fourth-order valence-corrected chi connectivity index (χ4v) is 3.27. The van der Waals surface area contributed by atoms with Gasteiger partial charge < -0.3 is 5.11 Å². The predicted molar refractivity (Wildman–Crippen MR) is 91.0 cm³/mol. The second-order valence-corrected chi connectivity index (χ2v) is 6.31. The number of aliphatic hydroxyl groups is 1. The number of aromatic nitrogens is 3. The van der Waals surface area contributed by atoms with Crippen molar-refractivity contribution in [2.45, 2.75) is 44.7 Å². The largest absolute Gasteiger partial charge is 0.396 e. The molecule has 0 spiro atoms. The molecule has 1 fully saturated rings. The van der Waals surface area contributed by atoms with Crippen molar-refractivity contribution in [1.29, 1.82) is 0 Å². The topological polar surface area (TPSA) is 54.2 Å². The SMILES string of the molecule is CN1CCCCC[C@H]1c1nc(-c2ccccc2)nn1CCCO. The minimum absolute atomic E-state index is 0.181. The third-order valence-electron chi connectivity index (χ3n) is 4.58. The Balaban J connectivity index is 1.94. The van der Waals surface area contributed by atoms with Crippen molar-refractivity contribution in [3.63, 3.8) is 0 Å². The highest BCUT2D eigenvalue weighted by atomic mass is 16.3. The summed E-state index contributed by atoms with van der Waals surface area (Å²) in [5.74, 6) is 1.83. The minimum Gasteiger partial charge on any atom is -0.396 e. The molecule has 1 aliphatic rings. The molecule has 1 aromatic carbocycles. The summed E-state index contributed by atoms with van der Waals surface area (Å²) < 4.78 is 2.00. The van der Waals surface area contributed by atoms with Gasteiger partial charge in [0.05, 0.1) is 6.04 Å². The first kappa shape index (κ1) is 16.1. The highest BCUT2D eigenvalue weighted by Gasteiger charge is 2.25. The monoisotopic (exact) mass is 314 g/mol. The van der Waals surface area contributed by atoms with Gasteiger partial charge in [0.25, 0.3) is 0 Å². The number of aliphatic hydroxyl groups excluding tert-OH is 1. The van der Waals surface area contributed by atoms with Crippen molar-refractivity contribution < 1.29 is 5.11 Å². The van der Waals surface area contributed by atoms with E-state index in [-0.39, 0.29) is 6.61 Å². The first-order valence-electron chi connectivity index (χ1n) is 8.61. The van der Waals surface area contributed by atoms with Crippen LogP contribution >= 0.6 is 0 Å². The molecule has 1 N–H and O–H groups in total. The normalized spacial score (nSPS) is 19.7. The maximum Gasteiger partial charge on any atom is 0.181 e. The average Bonchev–Trinajstić information content (AvgIpc) is 2.89. The molecule has 0 unspecified atom stereocenters. The highest BCUT2D eigenvalue weighted by Crippen LogP contribution is 2.29. The molecule has 1 aliphatic heterocycles. The molecular formula is C18H26N4O. The third-order valence-corrected chi connectivity index (χ3v) is 4.58. The summed E-state index contributed by atoms with van der Waals surface area (Å²) in [6, 6.07) is 10.5. The van der Waals surface area contributed by atoms with Crippen LogP contribution in [-0.4, -0.2) is 45.0 Å². The van der Waals surface area contributed by atoms with Gasteiger partial charge in [-0.2, -0.15) is 5.10 Å². The van der Waals surface area contributed by atoms with Crippen LogP contribution in [0.2, 0.25) is 0 Å². The van der Waals surface area contributed by atoms with E-state index >= 15 is 0 Å². The molecule has 2 aromatic rings. The molecule has 23 heavy (non-hydrogen) atoms. The van der Waals surface area contributed by atoms with Gasteiger partial charge in [-0.15, -0.1) is 0 Å². The number of rotatable bonds is 5. The molecule has 0 saturated carbocycles. The molecule has 1 atom stereocenters. The van der Waals surface area contributed by atoms with E-state index in [9.17, 15) is 5.11 Å². The van der Waals surface area contributed by atoms with E-state index in [1.807, 2.05) is 35.0 Å². The van der Waals surface area contributed by atoms with Crippen LogP contribution in [0.1, 0.15) is 44.0 Å². The van der Waals surface area contributed by atoms with Gasteiger partial charge in [-0.05, 0) is 32.9 Å². The highest BCUT2D eigenvalue weighted by molar-refractivity contribution is 5.54. The predicted octanol–water partition coefficient (Wildman–Crippen LogP) is 2.87. The zero-order valence-electron chi connectivity index (χ0n) is 13.9. The van der Waals surface area contributed by atoms with Crippen molar-refractivity contribution in [3.05, 3.63) is 36.2 Å². The molecule has 2 heterocycles. The fraction of sp³-hybridized carbons (Fsp3) is 0.556. The van der Waals surface area contributed by atoms with Crippen molar-refractivity contribution in [3.8, 4) is 11.4 Å². The van der Waals surface area contributed by atoms with E-state index in [1.165, 1.54) is 19.3 Å². The molecule has 124 valence electrons. The molecule has 3 rings (SSSR count). The zero-order valence-corrected chi connectivity index (χ0v) is 13.9. The van der Waals surface area contributed by atoms with Gasteiger partial charge in [0, 0.05) is 18.7 Å². The molecule has 1 saturated heterocycles. The van der Waals surface area contributed by atoms with E-state index in [1.54, 1.807) is 0 Å². The Bertz CT molecular complexity index is 611. The average molecular weight is 314 g/mol. The second kappa shape index (κ2) is 7.70. The van der Waals surface area contributed by atoms with E-state index in [2.05, 4.69) is 11.9 Å². The molecule has 0 bridgehead atoms. The Kier molecular flexibility index (Phi) is 5.41. The lowest BCUT2D eigenvalue weighted by Gasteiger charge is -2.25. The Hall–Kier alpha value is -1.72. The summed E-state index contributed by atoms with van der Waals surface area (Å²) in [7, 11) is 2.18. The summed E-state index contributed by atoms with van der Waals surface area (Å²) in [4.78, 5) is 7.28. The fourth-order valence-electron chi connectivity index (χ4n) is 3.27. The van der Waals surface area contributed by atoms with Crippen LogP contribution in [0.5, 0.6) is 0 Å². The van der Waals surface area contributed by atoms with Crippen molar-refractivity contribution in [1.82, 2.24) is 19.7 Å². The Morgan fingerprint density at radius 3 is 2.78 bits per heavy atom. The van der Waals surface area contributed by atoms with E-state index in [0.29, 0.717) is 12.5 Å². The van der Waals surface area contributed by atoms with E-state index in [4.69, 9.17) is 10.1 Å². The van der Waals surface area contributed by atoms with Crippen molar-refractivity contribution >= 4 is 0 Å². The Labute approximate surface area is 138 Å². The lowest BCUT2D eigenvalue weighted by Crippen LogP contribution is -2.27. The van der Waals surface area contributed by atoms with Gasteiger partial charge in [0.15, 0.2) is 5.82 Å². The molecule has 5 nitrogen and oxygen atoms in total. The smallest absolute Gasteiger partial charge is 0.181 e. The van der Waals surface area contributed by atoms with Gasteiger partial charge in [0.2, 0.25) is 0 Å². The van der Waals surface area contributed by atoms with Crippen molar-refractivity contribution in [2.24, 2.45) is 0 Å². The van der Waals surface area contributed by atoms with E-state index in [0.717, 1.165) is 36.7 Å². The number of benzene rings is 1.